The van der Waals surface area contributed by atoms with Gasteiger partial charge in [0.15, 0.2) is 5.16 Å². The van der Waals surface area contributed by atoms with Crippen molar-refractivity contribution >= 4 is 39.1 Å². The Morgan fingerprint density at radius 2 is 2.12 bits per heavy atom. The summed E-state index contributed by atoms with van der Waals surface area (Å²) >= 11 is 3.36. The second-order valence-corrected chi connectivity index (χ2v) is 8.16. The number of thioether (sulfide) groups is 1. The van der Waals surface area contributed by atoms with Gasteiger partial charge >= 0.3 is 0 Å². The van der Waals surface area contributed by atoms with Crippen molar-refractivity contribution in [3.8, 4) is 0 Å². The van der Waals surface area contributed by atoms with E-state index >= 15 is 0 Å². The lowest BCUT2D eigenvalue weighted by Crippen LogP contribution is -2.03. The van der Waals surface area contributed by atoms with E-state index in [2.05, 4.69) is 21.8 Å². The molecule has 130 valence electrons. The second kappa shape index (κ2) is 6.76. The number of thiophene rings is 1. The second-order valence-electron chi connectivity index (χ2n) is 6.13. The molecule has 25 heavy (non-hydrogen) atoms. The SMILES string of the molecule is C=CCn1c(C)nnc1SCc1nc(N)c2c3c(sc2n1)CCCC3. The molecule has 3 aromatic heterocycles. The van der Waals surface area contributed by atoms with Crippen LogP contribution in [0.4, 0.5) is 5.82 Å². The van der Waals surface area contributed by atoms with Crippen LogP contribution in [0.1, 0.15) is 34.9 Å². The highest BCUT2D eigenvalue weighted by atomic mass is 32.2. The molecule has 6 nitrogen and oxygen atoms in total. The first-order valence-electron chi connectivity index (χ1n) is 8.37. The summed E-state index contributed by atoms with van der Waals surface area (Å²) in [5.41, 5.74) is 7.66. The Kier molecular flexibility index (Phi) is 4.47. The van der Waals surface area contributed by atoms with Crippen molar-refractivity contribution in [2.24, 2.45) is 0 Å². The quantitative estimate of drug-likeness (QED) is 0.545. The number of rotatable bonds is 5. The Hall–Kier alpha value is -1.93. The van der Waals surface area contributed by atoms with E-state index in [1.807, 2.05) is 17.6 Å². The van der Waals surface area contributed by atoms with Crippen LogP contribution >= 0.6 is 23.1 Å². The molecule has 0 spiro atoms. The smallest absolute Gasteiger partial charge is 0.191 e. The molecule has 1 aliphatic carbocycles. The Balaban J connectivity index is 1.61. The fourth-order valence-corrected chi connectivity index (χ4v) is 5.37. The molecule has 0 bridgehead atoms. The van der Waals surface area contributed by atoms with Crippen LogP contribution < -0.4 is 5.73 Å². The van der Waals surface area contributed by atoms with E-state index in [-0.39, 0.29) is 0 Å². The molecule has 0 aromatic carbocycles. The van der Waals surface area contributed by atoms with E-state index in [0.717, 1.165) is 39.9 Å². The average molecular weight is 373 g/mol. The molecule has 0 atom stereocenters. The van der Waals surface area contributed by atoms with Gasteiger partial charge in [-0.25, -0.2) is 9.97 Å². The van der Waals surface area contributed by atoms with Crippen LogP contribution in [-0.4, -0.2) is 24.7 Å². The number of nitrogens with two attached hydrogens (primary N) is 1. The van der Waals surface area contributed by atoms with Gasteiger partial charge in [0, 0.05) is 11.4 Å². The average Bonchev–Trinajstić information content (AvgIpc) is 3.14. The van der Waals surface area contributed by atoms with Gasteiger partial charge in [0.05, 0.1) is 11.1 Å². The van der Waals surface area contributed by atoms with Gasteiger partial charge in [-0.15, -0.1) is 28.1 Å². The van der Waals surface area contributed by atoms with Gasteiger partial charge in [-0.3, -0.25) is 0 Å². The van der Waals surface area contributed by atoms with Crippen LogP contribution in [0.2, 0.25) is 0 Å². The summed E-state index contributed by atoms with van der Waals surface area (Å²) in [7, 11) is 0. The van der Waals surface area contributed by atoms with Crippen molar-refractivity contribution in [1.29, 1.82) is 0 Å². The Morgan fingerprint density at radius 3 is 2.96 bits per heavy atom. The molecule has 3 aromatic rings. The molecule has 1 aliphatic rings. The summed E-state index contributed by atoms with van der Waals surface area (Å²) in [4.78, 5) is 11.8. The summed E-state index contributed by atoms with van der Waals surface area (Å²) in [5, 5.41) is 10.3. The molecule has 0 radical (unpaired) electrons. The van der Waals surface area contributed by atoms with E-state index in [4.69, 9.17) is 10.7 Å². The third-order valence-corrected chi connectivity index (χ3v) is 6.58. The van der Waals surface area contributed by atoms with Crippen LogP contribution in [0.3, 0.4) is 0 Å². The van der Waals surface area contributed by atoms with E-state index in [0.29, 0.717) is 18.1 Å². The van der Waals surface area contributed by atoms with Crippen LogP contribution in [0.25, 0.3) is 10.2 Å². The number of hydrogen-bond acceptors (Lipinski definition) is 7. The molecule has 3 heterocycles. The number of hydrogen-bond donors (Lipinski definition) is 1. The summed E-state index contributed by atoms with van der Waals surface area (Å²) in [6, 6.07) is 0. The summed E-state index contributed by atoms with van der Waals surface area (Å²) in [6.07, 6.45) is 6.57. The van der Waals surface area contributed by atoms with E-state index < -0.39 is 0 Å². The maximum Gasteiger partial charge on any atom is 0.191 e. The minimum Gasteiger partial charge on any atom is -0.383 e. The maximum absolute atomic E-state index is 6.28. The number of aryl methyl sites for hydroxylation is 3. The Morgan fingerprint density at radius 1 is 1.28 bits per heavy atom. The van der Waals surface area contributed by atoms with Gasteiger partial charge in [-0.05, 0) is 38.2 Å². The van der Waals surface area contributed by atoms with Gasteiger partial charge in [0.25, 0.3) is 0 Å². The van der Waals surface area contributed by atoms with E-state index in [9.17, 15) is 0 Å². The number of allylic oxidation sites excluding steroid dienone is 1. The molecular weight excluding hydrogens is 352 g/mol. The molecular formula is C17H20N6S2. The molecule has 0 saturated heterocycles. The molecule has 0 saturated carbocycles. The first kappa shape index (κ1) is 16.5. The van der Waals surface area contributed by atoms with Gasteiger partial charge in [-0.2, -0.15) is 0 Å². The molecule has 0 aliphatic heterocycles. The number of fused-ring (bicyclic) bond motifs is 3. The first-order chi connectivity index (χ1) is 12.2. The summed E-state index contributed by atoms with van der Waals surface area (Å²) in [5.74, 6) is 2.87. The van der Waals surface area contributed by atoms with Gasteiger partial charge in [0.2, 0.25) is 0 Å². The van der Waals surface area contributed by atoms with Gasteiger partial charge in [-0.1, -0.05) is 17.8 Å². The van der Waals surface area contributed by atoms with Crippen molar-refractivity contribution in [2.45, 2.75) is 50.1 Å². The van der Waals surface area contributed by atoms with E-state index in [1.165, 1.54) is 23.3 Å². The normalized spacial score (nSPS) is 14.0. The zero-order valence-electron chi connectivity index (χ0n) is 14.2. The third-order valence-electron chi connectivity index (χ3n) is 4.43. The van der Waals surface area contributed by atoms with Crippen LogP contribution in [0.15, 0.2) is 17.8 Å². The highest BCUT2D eigenvalue weighted by molar-refractivity contribution is 7.98. The Bertz CT molecular complexity index is 942. The van der Waals surface area contributed by atoms with Crippen LogP contribution in [-0.2, 0) is 25.1 Å². The molecule has 0 amide bonds. The highest BCUT2D eigenvalue weighted by Gasteiger charge is 2.20. The fraction of sp³-hybridized carbons (Fsp3) is 0.412. The fourth-order valence-electron chi connectivity index (χ4n) is 3.23. The summed E-state index contributed by atoms with van der Waals surface area (Å²) in [6.45, 7) is 6.43. The van der Waals surface area contributed by atoms with Crippen molar-refractivity contribution in [3.05, 3.63) is 34.7 Å². The summed E-state index contributed by atoms with van der Waals surface area (Å²) < 4.78 is 2.03. The predicted molar refractivity (Wildman–Crippen MR) is 103 cm³/mol. The molecule has 0 fully saturated rings. The zero-order chi connectivity index (χ0) is 17.4. The van der Waals surface area contributed by atoms with Crippen molar-refractivity contribution in [3.63, 3.8) is 0 Å². The lowest BCUT2D eigenvalue weighted by atomic mass is 9.97. The number of nitrogens with zero attached hydrogens (tertiary/aromatic N) is 5. The minimum atomic E-state index is 0.615. The van der Waals surface area contributed by atoms with Crippen molar-refractivity contribution in [2.75, 3.05) is 5.73 Å². The standard InChI is InChI=1S/C17H20N6S2/c1-3-8-23-10(2)21-22-17(23)24-9-13-19-15(18)14-11-6-4-5-7-12(11)25-16(14)20-13/h3H,1,4-9H2,2H3,(H2,18,19,20). The lowest BCUT2D eigenvalue weighted by Gasteiger charge is -2.10. The van der Waals surface area contributed by atoms with Crippen molar-refractivity contribution < 1.29 is 0 Å². The van der Waals surface area contributed by atoms with Gasteiger partial charge in [0.1, 0.15) is 22.3 Å². The molecule has 2 N–H and O–H groups in total. The first-order valence-corrected chi connectivity index (χ1v) is 10.2. The topological polar surface area (TPSA) is 82.5 Å². The molecule has 4 rings (SSSR count). The molecule has 8 heteroatoms. The lowest BCUT2D eigenvalue weighted by molar-refractivity contribution is 0.700. The predicted octanol–water partition coefficient (Wildman–Crippen LogP) is 3.53. The number of anilines is 1. The van der Waals surface area contributed by atoms with E-state index in [1.54, 1.807) is 23.1 Å². The maximum atomic E-state index is 6.28. The van der Waals surface area contributed by atoms with Crippen LogP contribution in [0.5, 0.6) is 0 Å². The monoisotopic (exact) mass is 372 g/mol. The van der Waals surface area contributed by atoms with Crippen LogP contribution in [0, 0.1) is 6.92 Å². The third kappa shape index (κ3) is 3.04. The van der Waals surface area contributed by atoms with Crippen molar-refractivity contribution in [1.82, 2.24) is 24.7 Å². The zero-order valence-corrected chi connectivity index (χ0v) is 15.8. The number of aromatic nitrogens is 5. The minimum absolute atomic E-state index is 0.615. The number of nitrogen functional groups attached to an aromatic ring is 1. The largest absolute Gasteiger partial charge is 0.383 e. The molecule has 0 unspecified atom stereocenters. The Labute approximate surface area is 154 Å². The highest BCUT2D eigenvalue weighted by Crippen LogP contribution is 2.38. The van der Waals surface area contributed by atoms with Gasteiger partial charge < -0.3 is 10.3 Å².